The van der Waals surface area contributed by atoms with E-state index < -0.39 is 0 Å². The first-order valence-corrected chi connectivity index (χ1v) is 12.2. The van der Waals surface area contributed by atoms with Gasteiger partial charge < -0.3 is 10.2 Å². The first-order chi connectivity index (χ1) is 15.2. The second-order valence-electron chi connectivity index (χ2n) is 9.51. The lowest BCUT2D eigenvalue weighted by Gasteiger charge is -2.52. The van der Waals surface area contributed by atoms with E-state index in [1.807, 2.05) is 6.07 Å². The van der Waals surface area contributed by atoms with Crippen LogP contribution >= 0.6 is 0 Å². The van der Waals surface area contributed by atoms with E-state index >= 15 is 0 Å². The molecule has 2 aromatic rings. The molecule has 0 aliphatic carbocycles. The largest absolute Gasteiger partial charge is 0.338 e. The summed E-state index contributed by atoms with van der Waals surface area (Å²) >= 11 is 0. The monoisotopic (exact) mass is 417 g/mol. The van der Waals surface area contributed by atoms with Crippen molar-refractivity contribution in [3.8, 4) is 0 Å². The number of hydrogen-bond acceptors (Lipinski definition) is 2. The Morgan fingerprint density at radius 2 is 1.97 bits per heavy atom. The number of piperidine rings is 2. The highest BCUT2D eigenvalue weighted by Crippen LogP contribution is 2.43. The number of rotatable bonds is 4. The number of carbonyl (C=O) groups is 1. The molecule has 0 spiro atoms. The second kappa shape index (κ2) is 9.04. The fourth-order valence-corrected chi connectivity index (χ4v) is 6.04. The SMILES string of the molecule is CCc1ccc2c(c1)CCN1C[C@H]3CCCN(C(=O)NCCc4ccccc4)[C@H]3C[C@@H]21. The van der Waals surface area contributed by atoms with E-state index in [0.29, 0.717) is 24.5 Å². The van der Waals surface area contributed by atoms with Gasteiger partial charge in [0, 0.05) is 38.3 Å². The van der Waals surface area contributed by atoms with Crippen molar-refractivity contribution in [1.82, 2.24) is 15.1 Å². The molecule has 2 amide bonds. The third-order valence-electron chi connectivity index (χ3n) is 7.73. The molecule has 0 unspecified atom stereocenters. The van der Waals surface area contributed by atoms with Crippen LogP contribution in [0.25, 0.3) is 0 Å². The van der Waals surface area contributed by atoms with Gasteiger partial charge in [-0.15, -0.1) is 0 Å². The van der Waals surface area contributed by atoms with Crippen molar-refractivity contribution in [1.29, 1.82) is 0 Å². The number of carbonyl (C=O) groups excluding carboxylic acids is 1. The van der Waals surface area contributed by atoms with Gasteiger partial charge in [0.25, 0.3) is 0 Å². The Kier molecular flexibility index (Phi) is 5.99. The van der Waals surface area contributed by atoms with Crippen molar-refractivity contribution in [2.24, 2.45) is 5.92 Å². The van der Waals surface area contributed by atoms with Crippen molar-refractivity contribution >= 4 is 6.03 Å². The minimum absolute atomic E-state index is 0.136. The third kappa shape index (κ3) is 4.23. The van der Waals surface area contributed by atoms with Gasteiger partial charge in [0.05, 0.1) is 0 Å². The number of likely N-dealkylation sites (tertiary alicyclic amines) is 1. The lowest BCUT2D eigenvalue weighted by molar-refractivity contribution is 0.00578. The van der Waals surface area contributed by atoms with Gasteiger partial charge in [-0.05, 0) is 66.7 Å². The van der Waals surface area contributed by atoms with E-state index in [1.54, 1.807) is 0 Å². The van der Waals surface area contributed by atoms with E-state index in [-0.39, 0.29) is 6.03 Å². The van der Waals surface area contributed by atoms with Gasteiger partial charge in [-0.3, -0.25) is 4.90 Å². The van der Waals surface area contributed by atoms with E-state index in [2.05, 4.69) is 64.5 Å². The molecular weight excluding hydrogens is 382 g/mol. The number of aryl methyl sites for hydroxylation is 1. The Balaban J connectivity index is 1.27. The maximum atomic E-state index is 13.1. The smallest absolute Gasteiger partial charge is 0.317 e. The molecule has 2 fully saturated rings. The van der Waals surface area contributed by atoms with Crippen LogP contribution in [0.2, 0.25) is 0 Å². The van der Waals surface area contributed by atoms with Crippen molar-refractivity contribution in [2.45, 2.75) is 57.5 Å². The molecule has 0 aromatic heterocycles. The number of urea groups is 1. The summed E-state index contributed by atoms with van der Waals surface area (Å²) in [6, 6.07) is 18.5. The van der Waals surface area contributed by atoms with Crippen LogP contribution in [0.15, 0.2) is 48.5 Å². The molecule has 31 heavy (non-hydrogen) atoms. The zero-order valence-electron chi connectivity index (χ0n) is 18.7. The van der Waals surface area contributed by atoms with Crippen LogP contribution < -0.4 is 5.32 Å². The fourth-order valence-electron chi connectivity index (χ4n) is 6.04. The normalized spacial score (nSPS) is 25.3. The fraction of sp³-hybridized carbons (Fsp3) is 0.519. The molecule has 4 heteroatoms. The zero-order valence-corrected chi connectivity index (χ0v) is 18.7. The summed E-state index contributed by atoms with van der Waals surface area (Å²) in [6.45, 7) is 6.13. The van der Waals surface area contributed by atoms with E-state index in [4.69, 9.17) is 0 Å². The minimum Gasteiger partial charge on any atom is -0.338 e. The topological polar surface area (TPSA) is 35.6 Å². The van der Waals surface area contributed by atoms with Gasteiger partial charge in [-0.1, -0.05) is 55.5 Å². The Bertz CT molecular complexity index is 912. The molecule has 3 aliphatic rings. The van der Waals surface area contributed by atoms with Crippen molar-refractivity contribution < 1.29 is 4.79 Å². The first-order valence-electron chi connectivity index (χ1n) is 12.2. The molecule has 3 atom stereocenters. The summed E-state index contributed by atoms with van der Waals surface area (Å²) in [7, 11) is 0. The van der Waals surface area contributed by atoms with Gasteiger partial charge >= 0.3 is 6.03 Å². The molecular formula is C27H35N3O. The van der Waals surface area contributed by atoms with Crippen LogP contribution in [0.3, 0.4) is 0 Å². The summed E-state index contributed by atoms with van der Waals surface area (Å²) in [5.74, 6) is 0.612. The summed E-state index contributed by atoms with van der Waals surface area (Å²) in [5.41, 5.74) is 5.77. The van der Waals surface area contributed by atoms with Gasteiger partial charge in [0.2, 0.25) is 0 Å². The number of amides is 2. The maximum Gasteiger partial charge on any atom is 0.317 e. The highest BCUT2D eigenvalue weighted by atomic mass is 16.2. The maximum absolute atomic E-state index is 13.1. The summed E-state index contributed by atoms with van der Waals surface area (Å²) in [4.78, 5) is 18.0. The zero-order chi connectivity index (χ0) is 21.2. The number of nitrogens with zero attached hydrogens (tertiary/aromatic N) is 2. The van der Waals surface area contributed by atoms with Crippen LogP contribution in [0, 0.1) is 5.92 Å². The van der Waals surface area contributed by atoms with Gasteiger partial charge in [0.1, 0.15) is 0 Å². The molecule has 5 rings (SSSR count). The Morgan fingerprint density at radius 3 is 2.81 bits per heavy atom. The molecule has 164 valence electrons. The number of hydrogen-bond donors (Lipinski definition) is 1. The molecule has 3 aliphatic heterocycles. The summed E-state index contributed by atoms with van der Waals surface area (Å²) < 4.78 is 0. The molecule has 0 saturated carbocycles. The quantitative estimate of drug-likeness (QED) is 0.790. The Hall–Kier alpha value is -2.33. The van der Waals surface area contributed by atoms with Crippen LogP contribution in [0.4, 0.5) is 4.79 Å². The second-order valence-corrected chi connectivity index (χ2v) is 9.51. The van der Waals surface area contributed by atoms with Crippen LogP contribution in [0.5, 0.6) is 0 Å². The van der Waals surface area contributed by atoms with Gasteiger partial charge in [-0.25, -0.2) is 4.79 Å². The van der Waals surface area contributed by atoms with E-state index in [1.165, 1.54) is 35.1 Å². The van der Waals surface area contributed by atoms with Gasteiger partial charge in [0.15, 0.2) is 0 Å². The molecule has 2 aromatic carbocycles. The Morgan fingerprint density at radius 1 is 1.10 bits per heavy atom. The molecule has 0 radical (unpaired) electrons. The van der Waals surface area contributed by atoms with E-state index in [0.717, 1.165) is 45.3 Å². The van der Waals surface area contributed by atoms with Crippen molar-refractivity contribution in [3.05, 3.63) is 70.8 Å². The molecule has 4 nitrogen and oxygen atoms in total. The van der Waals surface area contributed by atoms with Crippen LogP contribution in [0.1, 0.15) is 54.5 Å². The van der Waals surface area contributed by atoms with E-state index in [9.17, 15) is 4.79 Å². The highest BCUT2D eigenvalue weighted by Gasteiger charge is 2.43. The minimum atomic E-state index is 0.136. The van der Waals surface area contributed by atoms with Crippen LogP contribution in [-0.4, -0.2) is 48.1 Å². The highest BCUT2D eigenvalue weighted by molar-refractivity contribution is 5.74. The van der Waals surface area contributed by atoms with Crippen LogP contribution in [-0.2, 0) is 19.3 Å². The average molecular weight is 418 g/mol. The Labute approximate surface area is 186 Å². The number of nitrogens with one attached hydrogen (secondary N) is 1. The third-order valence-corrected chi connectivity index (χ3v) is 7.73. The first kappa shape index (κ1) is 20.6. The lowest BCUT2D eigenvalue weighted by Crippen LogP contribution is -2.59. The predicted molar refractivity (Wildman–Crippen MR) is 125 cm³/mol. The average Bonchev–Trinajstić information content (AvgIpc) is 2.82. The molecule has 1 N–H and O–H groups in total. The predicted octanol–water partition coefficient (Wildman–Crippen LogP) is 4.58. The van der Waals surface area contributed by atoms with Crippen molar-refractivity contribution in [2.75, 3.05) is 26.2 Å². The van der Waals surface area contributed by atoms with Crippen molar-refractivity contribution in [3.63, 3.8) is 0 Å². The summed E-state index contributed by atoms with van der Waals surface area (Å²) in [5, 5.41) is 3.21. The molecule has 3 heterocycles. The van der Waals surface area contributed by atoms with Gasteiger partial charge in [-0.2, -0.15) is 0 Å². The summed E-state index contributed by atoms with van der Waals surface area (Å²) in [6.07, 6.45) is 6.61. The number of benzene rings is 2. The lowest BCUT2D eigenvalue weighted by atomic mass is 9.76. The number of fused-ring (bicyclic) bond motifs is 4. The molecule has 2 saturated heterocycles. The molecule has 0 bridgehead atoms. The standard InChI is InChI=1S/C27H35N3O/c1-2-20-10-11-24-22(17-20)13-16-29-19-23-9-6-15-30(25(23)18-26(24)29)27(31)28-14-12-21-7-4-3-5-8-21/h3-5,7-8,10-11,17,23,25-26H,2,6,9,12-16,18-19H2,1H3,(H,28,31)/t23-,25+,26+/m1/s1.